The Kier molecular flexibility index (Phi) is 5.63. The van der Waals surface area contributed by atoms with Gasteiger partial charge in [-0.15, -0.1) is 5.10 Å². The molecule has 1 N–H and O–H groups in total. The molecule has 0 radical (unpaired) electrons. The number of rotatable bonds is 6. The van der Waals surface area contributed by atoms with Crippen molar-refractivity contribution in [2.75, 3.05) is 23.8 Å². The van der Waals surface area contributed by atoms with Crippen LogP contribution in [0.15, 0.2) is 48.9 Å². The first-order valence-electron chi connectivity index (χ1n) is 7.64. The highest BCUT2D eigenvalue weighted by molar-refractivity contribution is 6.43. The monoisotopic (exact) mass is 374 g/mol. The number of pyridine rings is 1. The standard InChI is InChI=1S/C17H16Cl2N6/c1-25(10-7-12-5-8-20-9-6-12)15-11-21-24-17(23-15)22-14-4-2-3-13(18)16(14)19/h2-6,8-9,11H,7,10H2,1H3,(H,22,23,24). The summed E-state index contributed by atoms with van der Waals surface area (Å²) in [4.78, 5) is 10.5. The van der Waals surface area contributed by atoms with E-state index in [1.165, 1.54) is 5.56 Å². The topological polar surface area (TPSA) is 66.8 Å². The molecular formula is C17H16Cl2N6. The molecular weight excluding hydrogens is 359 g/mol. The minimum Gasteiger partial charge on any atom is -0.358 e. The van der Waals surface area contributed by atoms with E-state index < -0.39 is 0 Å². The summed E-state index contributed by atoms with van der Waals surface area (Å²) >= 11 is 12.2. The first kappa shape index (κ1) is 17.4. The molecule has 0 fully saturated rings. The highest BCUT2D eigenvalue weighted by Gasteiger charge is 2.09. The van der Waals surface area contributed by atoms with Crippen molar-refractivity contribution >= 4 is 40.7 Å². The molecule has 0 aliphatic carbocycles. The van der Waals surface area contributed by atoms with Crippen LogP contribution in [0.4, 0.5) is 17.5 Å². The summed E-state index contributed by atoms with van der Waals surface area (Å²) in [5, 5.41) is 11.9. The molecule has 0 saturated heterocycles. The fourth-order valence-electron chi connectivity index (χ4n) is 2.21. The lowest BCUT2D eigenvalue weighted by Gasteiger charge is -2.18. The second kappa shape index (κ2) is 8.09. The maximum Gasteiger partial charge on any atom is 0.249 e. The summed E-state index contributed by atoms with van der Waals surface area (Å²) < 4.78 is 0. The number of nitrogens with one attached hydrogen (secondary N) is 1. The van der Waals surface area contributed by atoms with Crippen LogP contribution in [-0.4, -0.2) is 33.8 Å². The van der Waals surface area contributed by atoms with Gasteiger partial charge in [-0.2, -0.15) is 10.1 Å². The maximum atomic E-state index is 6.18. The van der Waals surface area contributed by atoms with Gasteiger partial charge in [0.15, 0.2) is 5.82 Å². The van der Waals surface area contributed by atoms with E-state index in [1.807, 2.05) is 24.1 Å². The number of aromatic nitrogens is 4. The van der Waals surface area contributed by atoms with Crippen molar-refractivity contribution in [2.45, 2.75) is 6.42 Å². The predicted octanol–water partition coefficient (Wildman–Crippen LogP) is 4.00. The van der Waals surface area contributed by atoms with Crippen LogP contribution in [0.2, 0.25) is 10.0 Å². The van der Waals surface area contributed by atoms with Crippen molar-refractivity contribution in [3.05, 3.63) is 64.5 Å². The van der Waals surface area contributed by atoms with Crippen molar-refractivity contribution in [2.24, 2.45) is 0 Å². The van der Waals surface area contributed by atoms with Crippen LogP contribution >= 0.6 is 23.2 Å². The third kappa shape index (κ3) is 4.55. The van der Waals surface area contributed by atoms with Gasteiger partial charge >= 0.3 is 0 Å². The van der Waals surface area contributed by atoms with E-state index in [0.717, 1.165) is 13.0 Å². The van der Waals surface area contributed by atoms with Gasteiger partial charge in [0.05, 0.1) is 21.9 Å². The second-order valence-corrected chi connectivity index (χ2v) is 6.18. The number of hydrogen-bond donors (Lipinski definition) is 1. The van der Waals surface area contributed by atoms with Gasteiger partial charge in [-0.05, 0) is 36.2 Å². The number of anilines is 3. The van der Waals surface area contributed by atoms with Crippen molar-refractivity contribution < 1.29 is 0 Å². The lowest BCUT2D eigenvalue weighted by atomic mass is 10.2. The molecule has 2 heterocycles. The highest BCUT2D eigenvalue weighted by atomic mass is 35.5. The van der Waals surface area contributed by atoms with E-state index in [9.17, 15) is 0 Å². The number of likely N-dealkylation sites (N-methyl/N-ethyl adjacent to an activating group) is 1. The molecule has 0 atom stereocenters. The number of hydrogen-bond acceptors (Lipinski definition) is 6. The van der Waals surface area contributed by atoms with Crippen LogP contribution in [0.5, 0.6) is 0 Å². The molecule has 128 valence electrons. The molecule has 2 aromatic heterocycles. The van der Waals surface area contributed by atoms with Gasteiger partial charge in [0.25, 0.3) is 0 Å². The molecule has 3 rings (SSSR count). The van der Waals surface area contributed by atoms with Crippen LogP contribution < -0.4 is 10.2 Å². The van der Waals surface area contributed by atoms with Gasteiger partial charge in [-0.1, -0.05) is 29.3 Å². The molecule has 6 nitrogen and oxygen atoms in total. The highest BCUT2D eigenvalue weighted by Crippen LogP contribution is 2.30. The van der Waals surface area contributed by atoms with Crippen molar-refractivity contribution in [1.82, 2.24) is 20.2 Å². The zero-order valence-corrected chi connectivity index (χ0v) is 15.0. The molecule has 0 aliphatic rings. The van der Waals surface area contributed by atoms with Crippen LogP contribution in [0.25, 0.3) is 0 Å². The Hall–Kier alpha value is -2.44. The molecule has 0 aliphatic heterocycles. The maximum absolute atomic E-state index is 6.18. The van der Waals surface area contributed by atoms with Crippen molar-refractivity contribution in [1.29, 1.82) is 0 Å². The van der Waals surface area contributed by atoms with E-state index in [-0.39, 0.29) is 0 Å². The van der Waals surface area contributed by atoms with E-state index in [0.29, 0.717) is 27.5 Å². The van der Waals surface area contributed by atoms with E-state index in [2.05, 4.69) is 25.5 Å². The fraction of sp³-hybridized carbons (Fsp3) is 0.176. The Morgan fingerprint density at radius 2 is 1.92 bits per heavy atom. The Bertz CT molecular complexity index is 844. The number of benzene rings is 1. The molecule has 0 amide bonds. The Morgan fingerprint density at radius 3 is 2.72 bits per heavy atom. The first-order chi connectivity index (χ1) is 12.1. The largest absolute Gasteiger partial charge is 0.358 e. The van der Waals surface area contributed by atoms with Crippen molar-refractivity contribution in [3.63, 3.8) is 0 Å². The minimum atomic E-state index is 0.359. The number of nitrogens with zero attached hydrogens (tertiary/aromatic N) is 5. The summed E-state index contributed by atoms with van der Waals surface area (Å²) in [5.74, 6) is 1.07. The minimum absolute atomic E-state index is 0.359. The van der Waals surface area contributed by atoms with E-state index >= 15 is 0 Å². The van der Waals surface area contributed by atoms with Gasteiger partial charge in [-0.3, -0.25) is 4.98 Å². The van der Waals surface area contributed by atoms with Gasteiger partial charge < -0.3 is 10.2 Å². The van der Waals surface area contributed by atoms with Crippen LogP contribution in [0, 0.1) is 0 Å². The zero-order chi connectivity index (χ0) is 17.6. The van der Waals surface area contributed by atoms with E-state index in [1.54, 1.807) is 36.8 Å². The van der Waals surface area contributed by atoms with Gasteiger partial charge in [-0.25, -0.2) is 0 Å². The van der Waals surface area contributed by atoms with Crippen LogP contribution in [-0.2, 0) is 6.42 Å². The molecule has 1 aromatic carbocycles. The zero-order valence-electron chi connectivity index (χ0n) is 13.5. The lowest BCUT2D eigenvalue weighted by molar-refractivity contribution is 0.840. The third-order valence-corrected chi connectivity index (χ3v) is 4.44. The predicted molar refractivity (Wildman–Crippen MR) is 101 cm³/mol. The average Bonchev–Trinajstić information content (AvgIpc) is 2.64. The SMILES string of the molecule is CN(CCc1ccncc1)c1cnnc(Nc2cccc(Cl)c2Cl)n1. The molecule has 3 aromatic rings. The smallest absolute Gasteiger partial charge is 0.249 e. The van der Waals surface area contributed by atoms with Crippen LogP contribution in [0.1, 0.15) is 5.56 Å². The molecule has 0 unspecified atom stereocenters. The van der Waals surface area contributed by atoms with Gasteiger partial charge in [0.2, 0.25) is 5.95 Å². The Morgan fingerprint density at radius 1 is 1.12 bits per heavy atom. The quantitative estimate of drug-likeness (QED) is 0.703. The average molecular weight is 375 g/mol. The first-order valence-corrected chi connectivity index (χ1v) is 8.40. The lowest BCUT2D eigenvalue weighted by Crippen LogP contribution is -2.22. The second-order valence-electron chi connectivity index (χ2n) is 5.39. The summed E-state index contributed by atoms with van der Waals surface area (Å²) in [6, 6.07) is 9.32. The molecule has 0 spiro atoms. The summed E-state index contributed by atoms with van der Waals surface area (Å²) in [7, 11) is 1.96. The normalized spacial score (nSPS) is 10.5. The van der Waals surface area contributed by atoms with Gasteiger partial charge in [0, 0.05) is 26.0 Å². The summed E-state index contributed by atoms with van der Waals surface area (Å²) in [6.07, 6.45) is 6.08. The molecule has 0 bridgehead atoms. The summed E-state index contributed by atoms with van der Waals surface area (Å²) in [6.45, 7) is 0.792. The fourth-order valence-corrected chi connectivity index (χ4v) is 2.56. The summed E-state index contributed by atoms with van der Waals surface area (Å²) in [5.41, 5.74) is 1.85. The molecule has 25 heavy (non-hydrogen) atoms. The van der Waals surface area contributed by atoms with Crippen LogP contribution in [0.3, 0.4) is 0 Å². The molecule has 8 heteroatoms. The Labute approximate surface area is 155 Å². The molecule has 0 saturated carbocycles. The Balaban J connectivity index is 1.69. The van der Waals surface area contributed by atoms with E-state index in [4.69, 9.17) is 23.2 Å². The third-order valence-electron chi connectivity index (χ3n) is 3.62. The number of halogens is 2. The van der Waals surface area contributed by atoms with Crippen molar-refractivity contribution in [3.8, 4) is 0 Å². The van der Waals surface area contributed by atoms with Gasteiger partial charge in [0.1, 0.15) is 0 Å².